The van der Waals surface area contributed by atoms with E-state index in [-0.39, 0.29) is 5.91 Å². The highest BCUT2D eigenvalue weighted by atomic mass is 16.1. The summed E-state index contributed by atoms with van der Waals surface area (Å²) in [5, 5.41) is 16.2. The third-order valence-corrected chi connectivity index (χ3v) is 5.26. The zero-order valence-electron chi connectivity index (χ0n) is 14.4. The minimum atomic E-state index is -0.0524. The number of hydrogen-bond donors (Lipinski definition) is 1. The van der Waals surface area contributed by atoms with E-state index >= 15 is 0 Å². The summed E-state index contributed by atoms with van der Waals surface area (Å²) in [6, 6.07) is 4.42. The number of fused-ring (bicyclic) bond motifs is 2. The van der Waals surface area contributed by atoms with E-state index in [9.17, 15) is 4.79 Å². The van der Waals surface area contributed by atoms with Gasteiger partial charge in [0.05, 0.1) is 24.2 Å². The fraction of sp³-hybridized carbons (Fsp3) is 0.400. The number of nitrogens with one attached hydrogen (secondary N) is 1. The number of aryl methyl sites for hydroxylation is 2. The lowest BCUT2D eigenvalue weighted by atomic mass is 9.98. The van der Waals surface area contributed by atoms with Crippen LogP contribution in [0.4, 0.5) is 5.69 Å². The average Bonchev–Trinajstić information content (AvgIpc) is 3.34. The molecule has 1 amide bonds. The van der Waals surface area contributed by atoms with Gasteiger partial charge in [0.1, 0.15) is 6.07 Å². The van der Waals surface area contributed by atoms with Crippen molar-refractivity contribution in [3.63, 3.8) is 0 Å². The number of nitrogens with zero attached hydrogens (tertiary/aromatic N) is 3. The summed E-state index contributed by atoms with van der Waals surface area (Å²) in [6.45, 7) is 2.22. The van der Waals surface area contributed by atoms with Crippen LogP contribution in [-0.2, 0) is 37.0 Å². The zero-order chi connectivity index (χ0) is 17.4. The van der Waals surface area contributed by atoms with Gasteiger partial charge in [0, 0.05) is 11.9 Å². The Bertz CT molecular complexity index is 842. The lowest BCUT2D eigenvalue weighted by Crippen LogP contribution is -2.24. The molecule has 1 aromatic heterocycles. The highest BCUT2D eigenvalue weighted by Gasteiger charge is 2.26. The van der Waals surface area contributed by atoms with Crippen molar-refractivity contribution in [2.75, 3.05) is 5.32 Å². The molecule has 1 heterocycles. The summed E-state index contributed by atoms with van der Waals surface area (Å²) in [5.41, 5.74) is 7.09. The first-order valence-electron chi connectivity index (χ1n) is 8.88. The average molecular weight is 333 g/mol. The van der Waals surface area contributed by atoms with Gasteiger partial charge in [-0.15, -0.1) is 0 Å². The van der Waals surface area contributed by atoms with Gasteiger partial charge in [-0.25, -0.2) is 0 Å². The quantitative estimate of drug-likeness (QED) is 0.935. The van der Waals surface area contributed by atoms with Crippen LogP contribution in [0.15, 0.2) is 18.5 Å². The molecule has 0 saturated carbocycles. The molecule has 0 unspecified atom stereocenters. The minimum absolute atomic E-state index is 0.0524. The van der Waals surface area contributed by atoms with E-state index in [1.54, 1.807) is 10.9 Å². The molecule has 1 aromatic carbocycles. The maximum Gasteiger partial charge on any atom is 0.233 e. The van der Waals surface area contributed by atoms with Gasteiger partial charge in [-0.05, 0) is 67.7 Å². The first-order chi connectivity index (χ1) is 12.2. The van der Waals surface area contributed by atoms with Crippen LogP contribution in [0.1, 0.15) is 47.6 Å². The van der Waals surface area contributed by atoms with E-state index in [0.29, 0.717) is 18.0 Å². The lowest BCUT2D eigenvalue weighted by Gasteiger charge is -2.18. The fourth-order valence-electron chi connectivity index (χ4n) is 4.01. The molecule has 0 bridgehead atoms. The molecule has 0 aliphatic heterocycles. The number of rotatable bonds is 4. The summed E-state index contributed by atoms with van der Waals surface area (Å²) < 4.78 is 1.63. The van der Waals surface area contributed by atoms with Crippen molar-refractivity contribution in [2.24, 2.45) is 0 Å². The van der Waals surface area contributed by atoms with Crippen molar-refractivity contribution in [3.05, 3.63) is 52.2 Å². The van der Waals surface area contributed by atoms with Crippen molar-refractivity contribution in [2.45, 2.75) is 52.0 Å². The fourth-order valence-corrected chi connectivity index (χ4v) is 4.01. The molecule has 1 N–H and O–H groups in total. The third-order valence-electron chi connectivity index (χ3n) is 5.26. The van der Waals surface area contributed by atoms with Gasteiger partial charge in [0.25, 0.3) is 0 Å². The number of aromatic nitrogens is 2. The molecule has 0 spiro atoms. The Morgan fingerprint density at radius 3 is 2.52 bits per heavy atom. The number of nitriles is 1. The van der Waals surface area contributed by atoms with Crippen LogP contribution in [0.25, 0.3) is 0 Å². The van der Waals surface area contributed by atoms with Crippen molar-refractivity contribution in [1.29, 1.82) is 5.26 Å². The second-order valence-corrected chi connectivity index (χ2v) is 7.01. The zero-order valence-corrected chi connectivity index (χ0v) is 14.4. The molecule has 5 heteroatoms. The first-order valence-corrected chi connectivity index (χ1v) is 8.88. The summed E-state index contributed by atoms with van der Waals surface area (Å²) in [5.74, 6) is 0.637. The molecule has 2 aromatic rings. The Morgan fingerprint density at radius 1 is 1.24 bits per heavy atom. The Labute approximate surface area is 147 Å². The molecule has 25 heavy (non-hydrogen) atoms. The van der Waals surface area contributed by atoms with Crippen LogP contribution in [0.2, 0.25) is 0 Å². The Kier molecular flexibility index (Phi) is 4.04. The normalized spacial score (nSPS) is 15.1. The number of carbonyl (C=O) groups is 1. The van der Waals surface area contributed by atoms with E-state index in [1.807, 2.05) is 6.92 Å². The van der Waals surface area contributed by atoms with Gasteiger partial charge in [-0.2, -0.15) is 10.4 Å². The van der Waals surface area contributed by atoms with Crippen LogP contribution in [-0.4, -0.2) is 15.7 Å². The molecule has 0 atom stereocenters. The van der Waals surface area contributed by atoms with Crippen molar-refractivity contribution < 1.29 is 4.79 Å². The van der Waals surface area contributed by atoms with E-state index in [1.165, 1.54) is 41.3 Å². The maximum atomic E-state index is 12.7. The van der Waals surface area contributed by atoms with E-state index in [0.717, 1.165) is 31.4 Å². The standard InChI is InChI=1S/C20H21N4O/c1-13(11-24-12-14(9-21)10-22-24)20(25)23-19-17-6-2-4-15(17)8-16-5-3-7-18(16)19/h8,10,12H,2-7,11H2,1H3,(H,23,25). The highest BCUT2D eigenvalue weighted by Crippen LogP contribution is 2.38. The Morgan fingerprint density at radius 2 is 1.92 bits per heavy atom. The SMILES string of the molecule is C[C](Cn1cc(C#N)cn1)C(=O)Nc1c2c(cc3c1CCC3)CCC2. The number of anilines is 1. The van der Waals surface area contributed by atoms with Gasteiger partial charge in [-0.3, -0.25) is 9.48 Å². The molecule has 127 valence electrons. The summed E-state index contributed by atoms with van der Waals surface area (Å²) in [4.78, 5) is 12.7. The molecule has 4 rings (SSSR count). The van der Waals surface area contributed by atoms with Gasteiger partial charge >= 0.3 is 0 Å². The smallest absolute Gasteiger partial charge is 0.233 e. The molecule has 2 aliphatic carbocycles. The number of amides is 1. The van der Waals surface area contributed by atoms with Gasteiger partial charge in [0.15, 0.2) is 0 Å². The second-order valence-electron chi connectivity index (χ2n) is 7.01. The van der Waals surface area contributed by atoms with E-state index in [2.05, 4.69) is 22.6 Å². The van der Waals surface area contributed by atoms with Gasteiger partial charge in [-0.1, -0.05) is 6.07 Å². The highest BCUT2D eigenvalue weighted by molar-refractivity contribution is 6.02. The number of carbonyl (C=O) groups excluding carboxylic acids is 1. The Balaban J connectivity index is 1.54. The molecule has 5 nitrogen and oxygen atoms in total. The van der Waals surface area contributed by atoms with E-state index in [4.69, 9.17) is 5.26 Å². The lowest BCUT2D eigenvalue weighted by molar-refractivity contribution is -0.114. The summed E-state index contributed by atoms with van der Waals surface area (Å²) >= 11 is 0. The van der Waals surface area contributed by atoms with Crippen molar-refractivity contribution >= 4 is 11.6 Å². The maximum absolute atomic E-state index is 12.7. The Hall–Kier alpha value is -2.61. The van der Waals surface area contributed by atoms with Crippen molar-refractivity contribution in [1.82, 2.24) is 9.78 Å². The first kappa shape index (κ1) is 15.9. The summed E-state index contributed by atoms with van der Waals surface area (Å²) in [7, 11) is 0. The molecular formula is C20H21N4O. The second kappa shape index (κ2) is 6.36. The summed E-state index contributed by atoms with van der Waals surface area (Å²) in [6.07, 6.45) is 9.89. The van der Waals surface area contributed by atoms with Gasteiger partial charge < -0.3 is 5.32 Å². The number of benzene rings is 1. The third kappa shape index (κ3) is 2.93. The van der Waals surface area contributed by atoms with Crippen LogP contribution >= 0.6 is 0 Å². The van der Waals surface area contributed by atoms with E-state index < -0.39 is 0 Å². The molecule has 0 saturated heterocycles. The largest absolute Gasteiger partial charge is 0.325 e. The predicted octanol–water partition coefficient (Wildman–Crippen LogP) is 2.97. The van der Waals surface area contributed by atoms with Crippen LogP contribution < -0.4 is 5.32 Å². The van der Waals surface area contributed by atoms with Crippen LogP contribution in [0, 0.1) is 17.2 Å². The van der Waals surface area contributed by atoms with Gasteiger partial charge in [0.2, 0.25) is 5.91 Å². The number of hydrogen-bond acceptors (Lipinski definition) is 3. The predicted molar refractivity (Wildman–Crippen MR) is 95.0 cm³/mol. The topological polar surface area (TPSA) is 70.7 Å². The monoisotopic (exact) mass is 333 g/mol. The van der Waals surface area contributed by atoms with Crippen LogP contribution in [0.5, 0.6) is 0 Å². The van der Waals surface area contributed by atoms with Crippen LogP contribution in [0.3, 0.4) is 0 Å². The van der Waals surface area contributed by atoms with Crippen molar-refractivity contribution in [3.8, 4) is 6.07 Å². The molecule has 2 aliphatic rings. The molecule has 1 radical (unpaired) electrons. The molecule has 0 fully saturated rings. The molecular weight excluding hydrogens is 312 g/mol. The minimum Gasteiger partial charge on any atom is -0.325 e.